The Morgan fingerprint density at radius 2 is 2.04 bits per heavy atom. The third-order valence-electron chi connectivity index (χ3n) is 4.85. The van der Waals surface area contributed by atoms with Crippen molar-refractivity contribution in [3.63, 3.8) is 0 Å². The molecule has 7 heteroatoms. The molecular weight excluding hydrogens is 345 g/mol. The number of anilines is 1. The number of benzene rings is 1. The van der Waals surface area contributed by atoms with Gasteiger partial charge in [0.25, 0.3) is 0 Å². The number of hydrogen-bond acceptors (Lipinski definition) is 5. The molecular formula is C20H24FN5O. The molecule has 0 saturated carbocycles. The normalized spacial score (nSPS) is 15.3. The Bertz CT molecular complexity index is 891. The van der Waals surface area contributed by atoms with Crippen molar-refractivity contribution >= 4 is 16.9 Å². The minimum absolute atomic E-state index is 0.221. The Hall–Kier alpha value is -2.51. The summed E-state index contributed by atoms with van der Waals surface area (Å²) in [5.41, 5.74) is 1.76. The first kappa shape index (κ1) is 17.9. The molecule has 0 radical (unpaired) electrons. The molecule has 1 fully saturated rings. The number of nitrogens with one attached hydrogen (secondary N) is 1. The van der Waals surface area contributed by atoms with E-state index in [1.165, 1.54) is 6.07 Å². The highest BCUT2D eigenvalue weighted by Gasteiger charge is 2.11. The Morgan fingerprint density at radius 1 is 1.15 bits per heavy atom. The Labute approximate surface area is 158 Å². The highest BCUT2D eigenvalue weighted by molar-refractivity contribution is 5.87. The smallest absolute Gasteiger partial charge is 0.145 e. The predicted octanol–water partition coefficient (Wildman–Crippen LogP) is 2.75. The summed E-state index contributed by atoms with van der Waals surface area (Å²) >= 11 is 0. The van der Waals surface area contributed by atoms with Crippen LogP contribution in [0, 0.1) is 5.82 Å². The van der Waals surface area contributed by atoms with Crippen molar-refractivity contribution in [3.8, 4) is 0 Å². The summed E-state index contributed by atoms with van der Waals surface area (Å²) in [7, 11) is 0. The fraction of sp³-hybridized carbons (Fsp3) is 0.400. The molecule has 0 atom stereocenters. The third-order valence-corrected chi connectivity index (χ3v) is 4.85. The van der Waals surface area contributed by atoms with Gasteiger partial charge in [0.2, 0.25) is 0 Å². The van der Waals surface area contributed by atoms with Crippen molar-refractivity contribution in [2.75, 3.05) is 44.7 Å². The van der Waals surface area contributed by atoms with E-state index in [9.17, 15) is 4.39 Å². The summed E-state index contributed by atoms with van der Waals surface area (Å²) in [5, 5.41) is 4.42. The van der Waals surface area contributed by atoms with Crippen LogP contribution >= 0.6 is 0 Å². The van der Waals surface area contributed by atoms with Crippen LogP contribution in [0.25, 0.3) is 11.0 Å². The van der Waals surface area contributed by atoms with Crippen molar-refractivity contribution in [2.24, 2.45) is 0 Å². The van der Waals surface area contributed by atoms with Crippen LogP contribution in [0.1, 0.15) is 12.0 Å². The number of morpholine rings is 1. The highest BCUT2D eigenvalue weighted by Crippen LogP contribution is 2.21. The van der Waals surface area contributed by atoms with E-state index in [0.29, 0.717) is 6.54 Å². The van der Waals surface area contributed by atoms with E-state index < -0.39 is 0 Å². The van der Waals surface area contributed by atoms with Gasteiger partial charge in [0.05, 0.1) is 18.6 Å². The third kappa shape index (κ3) is 4.43. The molecule has 0 aliphatic carbocycles. The SMILES string of the molecule is Fc1cccc(Cn2ccc3c(NCCCN4CCOCC4)ncnc32)c1. The number of halogens is 1. The number of rotatable bonds is 7. The van der Waals surface area contributed by atoms with Crippen LogP contribution in [0.4, 0.5) is 10.2 Å². The van der Waals surface area contributed by atoms with E-state index in [0.717, 1.165) is 68.2 Å². The lowest BCUT2D eigenvalue weighted by molar-refractivity contribution is 0.0378. The zero-order valence-electron chi connectivity index (χ0n) is 15.3. The second kappa shape index (κ2) is 8.45. The van der Waals surface area contributed by atoms with Gasteiger partial charge in [-0.3, -0.25) is 4.90 Å². The predicted molar refractivity (Wildman–Crippen MR) is 103 cm³/mol. The van der Waals surface area contributed by atoms with Gasteiger partial charge >= 0.3 is 0 Å². The van der Waals surface area contributed by atoms with Gasteiger partial charge in [-0.2, -0.15) is 0 Å². The zero-order valence-corrected chi connectivity index (χ0v) is 15.3. The molecule has 0 bridgehead atoms. The molecule has 142 valence electrons. The van der Waals surface area contributed by atoms with Crippen molar-refractivity contribution in [3.05, 3.63) is 54.2 Å². The number of aromatic nitrogens is 3. The summed E-state index contributed by atoms with van der Waals surface area (Å²) in [6.45, 7) is 6.19. The lowest BCUT2D eigenvalue weighted by Gasteiger charge is -2.26. The molecule has 1 N–H and O–H groups in total. The number of nitrogens with zero attached hydrogens (tertiary/aromatic N) is 4. The van der Waals surface area contributed by atoms with Crippen LogP contribution in [0.2, 0.25) is 0 Å². The Kier molecular flexibility index (Phi) is 5.60. The van der Waals surface area contributed by atoms with Crippen LogP contribution in [-0.2, 0) is 11.3 Å². The number of fused-ring (bicyclic) bond motifs is 1. The molecule has 0 unspecified atom stereocenters. The average molecular weight is 369 g/mol. The van der Waals surface area contributed by atoms with Gasteiger partial charge in [-0.15, -0.1) is 0 Å². The molecule has 0 spiro atoms. The molecule has 27 heavy (non-hydrogen) atoms. The van der Waals surface area contributed by atoms with Gasteiger partial charge in [-0.05, 0) is 36.7 Å². The quantitative estimate of drug-likeness (QED) is 0.649. The van der Waals surface area contributed by atoms with Gasteiger partial charge in [-0.1, -0.05) is 12.1 Å². The lowest BCUT2D eigenvalue weighted by atomic mass is 10.2. The molecule has 3 heterocycles. The first-order valence-corrected chi connectivity index (χ1v) is 9.38. The minimum Gasteiger partial charge on any atom is -0.379 e. The Morgan fingerprint density at radius 3 is 2.89 bits per heavy atom. The molecule has 6 nitrogen and oxygen atoms in total. The van der Waals surface area contributed by atoms with Crippen LogP contribution in [0.15, 0.2) is 42.9 Å². The van der Waals surface area contributed by atoms with E-state index in [1.807, 2.05) is 22.9 Å². The molecule has 1 aliphatic rings. The first-order chi connectivity index (χ1) is 13.3. The number of ether oxygens (including phenoxy) is 1. The summed E-state index contributed by atoms with van der Waals surface area (Å²) in [6, 6.07) is 8.67. The van der Waals surface area contributed by atoms with Crippen LogP contribution in [-0.4, -0.2) is 58.8 Å². The van der Waals surface area contributed by atoms with Crippen LogP contribution in [0.3, 0.4) is 0 Å². The monoisotopic (exact) mass is 369 g/mol. The summed E-state index contributed by atoms with van der Waals surface area (Å²) in [4.78, 5) is 11.2. The van der Waals surface area contributed by atoms with E-state index >= 15 is 0 Å². The summed E-state index contributed by atoms with van der Waals surface area (Å²) < 4.78 is 20.8. The van der Waals surface area contributed by atoms with Gasteiger partial charge in [0.15, 0.2) is 0 Å². The molecule has 3 aromatic rings. The molecule has 1 aliphatic heterocycles. The molecule has 1 aromatic carbocycles. The van der Waals surface area contributed by atoms with Gasteiger partial charge in [0, 0.05) is 32.4 Å². The minimum atomic E-state index is -0.221. The van der Waals surface area contributed by atoms with Crippen molar-refractivity contribution in [2.45, 2.75) is 13.0 Å². The van der Waals surface area contributed by atoms with Crippen molar-refractivity contribution in [1.29, 1.82) is 0 Å². The summed E-state index contributed by atoms with van der Waals surface area (Å²) in [5.74, 6) is 0.626. The second-order valence-electron chi connectivity index (χ2n) is 6.77. The van der Waals surface area contributed by atoms with Crippen LogP contribution < -0.4 is 5.32 Å². The van der Waals surface area contributed by atoms with Gasteiger partial charge < -0.3 is 14.6 Å². The maximum Gasteiger partial charge on any atom is 0.145 e. The fourth-order valence-corrected chi connectivity index (χ4v) is 3.44. The maximum atomic E-state index is 13.4. The maximum absolute atomic E-state index is 13.4. The fourth-order valence-electron chi connectivity index (χ4n) is 3.44. The highest BCUT2D eigenvalue weighted by atomic mass is 19.1. The standard InChI is InChI=1S/C20H24FN5O/c21-17-4-1-3-16(13-17)14-26-8-5-18-19(23-15-24-20(18)26)22-6-2-7-25-9-11-27-12-10-25/h1,3-5,8,13,15H,2,6-7,9-12,14H2,(H,22,23,24). The van der Waals surface area contributed by atoms with Crippen molar-refractivity contribution < 1.29 is 9.13 Å². The van der Waals surface area contributed by atoms with Crippen LogP contribution in [0.5, 0.6) is 0 Å². The lowest BCUT2D eigenvalue weighted by Crippen LogP contribution is -2.37. The number of hydrogen-bond donors (Lipinski definition) is 1. The molecule has 4 rings (SSSR count). The topological polar surface area (TPSA) is 55.2 Å². The van der Waals surface area contributed by atoms with Crippen molar-refractivity contribution in [1.82, 2.24) is 19.4 Å². The van der Waals surface area contributed by atoms with E-state index in [4.69, 9.17) is 4.74 Å². The Balaban J connectivity index is 1.39. The summed E-state index contributed by atoms with van der Waals surface area (Å²) in [6.07, 6.45) is 4.60. The van der Waals surface area contributed by atoms with E-state index in [1.54, 1.807) is 18.5 Å². The average Bonchev–Trinajstić information content (AvgIpc) is 3.10. The first-order valence-electron chi connectivity index (χ1n) is 9.38. The molecule has 2 aromatic heterocycles. The van der Waals surface area contributed by atoms with E-state index in [-0.39, 0.29) is 5.82 Å². The van der Waals surface area contributed by atoms with E-state index in [2.05, 4.69) is 20.2 Å². The van der Waals surface area contributed by atoms with Gasteiger partial charge in [0.1, 0.15) is 23.6 Å². The molecule has 1 saturated heterocycles. The zero-order chi connectivity index (χ0) is 18.5. The molecule has 0 amide bonds. The van der Waals surface area contributed by atoms with Gasteiger partial charge in [-0.25, -0.2) is 14.4 Å². The largest absolute Gasteiger partial charge is 0.379 e. The second-order valence-corrected chi connectivity index (χ2v) is 6.77.